The van der Waals surface area contributed by atoms with Crippen molar-refractivity contribution in [3.63, 3.8) is 0 Å². The predicted molar refractivity (Wildman–Crippen MR) is 153 cm³/mol. The van der Waals surface area contributed by atoms with Crippen LogP contribution >= 0.6 is 0 Å². The van der Waals surface area contributed by atoms with Crippen molar-refractivity contribution < 1.29 is 28.6 Å². The van der Waals surface area contributed by atoms with Gasteiger partial charge in [-0.15, -0.1) is 0 Å². The number of amides is 2. The Morgan fingerprint density at radius 2 is 2.00 bits per heavy atom. The Morgan fingerprint density at radius 1 is 1.21 bits per heavy atom. The van der Waals surface area contributed by atoms with Gasteiger partial charge >= 0.3 is 0 Å². The van der Waals surface area contributed by atoms with Gasteiger partial charge in [0.1, 0.15) is 30.4 Å². The Balaban J connectivity index is 1.24. The summed E-state index contributed by atoms with van der Waals surface area (Å²) >= 11 is 0. The third-order valence-corrected chi connectivity index (χ3v) is 7.23. The molecule has 0 saturated carbocycles. The molecule has 2 unspecified atom stereocenters. The molecule has 0 bridgehead atoms. The zero-order chi connectivity index (χ0) is 30.5. The third kappa shape index (κ3) is 6.96. The molecule has 2 aromatic carbocycles. The zero-order valence-corrected chi connectivity index (χ0v) is 23.4. The molecule has 2 amide bonds. The van der Waals surface area contributed by atoms with E-state index in [4.69, 9.17) is 15.2 Å². The SMILES string of the molecule is CC(O)C(=O)N1CC[C@H](Oc2ccc(-c3ncnc(Nc4ccc(N5CCOC(C(N)=O)C5)cc4)n3)cc2C#N)[C@H](F)C1. The van der Waals surface area contributed by atoms with Crippen molar-refractivity contribution in [3.8, 4) is 23.2 Å². The van der Waals surface area contributed by atoms with Crippen LogP contribution in [0, 0.1) is 11.3 Å². The lowest BCUT2D eigenvalue weighted by Crippen LogP contribution is -2.51. The lowest BCUT2D eigenvalue weighted by molar-refractivity contribution is -0.143. The van der Waals surface area contributed by atoms with Gasteiger partial charge in [-0.05, 0) is 49.4 Å². The number of rotatable bonds is 8. The largest absolute Gasteiger partial charge is 0.486 e. The molecular formula is C29H31FN8O5. The summed E-state index contributed by atoms with van der Waals surface area (Å²) in [5.41, 5.74) is 7.75. The van der Waals surface area contributed by atoms with Crippen molar-refractivity contribution in [1.82, 2.24) is 19.9 Å². The van der Waals surface area contributed by atoms with E-state index in [0.29, 0.717) is 31.1 Å². The highest BCUT2D eigenvalue weighted by Gasteiger charge is 2.34. The molecule has 43 heavy (non-hydrogen) atoms. The van der Waals surface area contributed by atoms with Crippen molar-refractivity contribution in [2.45, 2.75) is 37.8 Å². The molecule has 14 heteroatoms. The molecule has 2 fully saturated rings. The topological polar surface area (TPSA) is 180 Å². The van der Waals surface area contributed by atoms with Crippen molar-refractivity contribution in [2.75, 3.05) is 43.0 Å². The number of nitrogens with zero attached hydrogens (tertiary/aromatic N) is 6. The van der Waals surface area contributed by atoms with Crippen LogP contribution in [0.1, 0.15) is 18.9 Å². The molecule has 0 radical (unpaired) electrons. The van der Waals surface area contributed by atoms with Crippen molar-refractivity contribution in [1.29, 1.82) is 5.26 Å². The van der Waals surface area contributed by atoms with Gasteiger partial charge in [-0.25, -0.2) is 14.4 Å². The van der Waals surface area contributed by atoms with Gasteiger partial charge < -0.3 is 35.4 Å². The standard InChI is InChI=1S/C29H31FN8O5/c1-17(39)28(41)38-9-8-24(22(30)14-38)43-23-7-2-18(12-19(23)13-31)27-33-16-34-29(36-27)35-20-3-5-21(6-4-20)37-10-11-42-25(15-37)26(32)40/h2-7,12,16-17,22,24-25,39H,8-11,14-15H2,1H3,(H2,32,40)(H,33,34,35,36)/t17?,22-,24+,25?/m1/s1. The number of aliphatic hydroxyl groups is 1. The number of nitriles is 1. The number of nitrogens with one attached hydrogen (secondary N) is 1. The highest BCUT2D eigenvalue weighted by Crippen LogP contribution is 2.29. The average Bonchev–Trinajstić information content (AvgIpc) is 3.02. The quantitative estimate of drug-likeness (QED) is 0.346. The van der Waals surface area contributed by atoms with E-state index in [1.165, 1.54) is 18.2 Å². The van der Waals surface area contributed by atoms with Gasteiger partial charge in [0.05, 0.1) is 25.3 Å². The summed E-state index contributed by atoms with van der Waals surface area (Å²) in [5.74, 6) is -0.204. The fourth-order valence-electron chi connectivity index (χ4n) is 4.94. The van der Waals surface area contributed by atoms with Crippen molar-refractivity contribution in [2.24, 2.45) is 5.73 Å². The van der Waals surface area contributed by atoms with Crippen LogP contribution in [0.2, 0.25) is 0 Å². The second-order valence-electron chi connectivity index (χ2n) is 10.3. The van der Waals surface area contributed by atoms with Crippen LogP contribution in [0.15, 0.2) is 48.8 Å². The maximum absolute atomic E-state index is 14.8. The molecular weight excluding hydrogens is 559 g/mol. The first-order valence-electron chi connectivity index (χ1n) is 13.8. The Morgan fingerprint density at radius 3 is 2.70 bits per heavy atom. The zero-order valence-electron chi connectivity index (χ0n) is 23.4. The number of hydrogen-bond acceptors (Lipinski definition) is 11. The van der Waals surface area contributed by atoms with Gasteiger partial charge in [-0.3, -0.25) is 9.59 Å². The number of carbonyl (C=O) groups is 2. The highest BCUT2D eigenvalue weighted by atomic mass is 19.1. The second kappa shape index (κ2) is 13.0. The first-order valence-corrected chi connectivity index (χ1v) is 13.8. The van der Waals surface area contributed by atoms with Crippen LogP contribution in [0.25, 0.3) is 11.4 Å². The number of aliphatic hydroxyl groups excluding tert-OH is 1. The maximum Gasteiger partial charge on any atom is 0.251 e. The average molecular weight is 591 g/mol. The number of likely N-dealkylation sites (tertiary alicyclic amines) is 1. The maximum atomic E-state index is 14.8. The summed E-state index contributed by atoms with van der Waals surface area (Å²) in [6.45, 7) is 2.82. The number of primary amides is 1. The van der Waals surface area contributed by atoms with Gasteiger partial charge in [-0.1, -0.05) is 0 Å². The van der Waals surface area contributed by atoms with Crippen LogP contribution in [-0.2, 0) is 14.3 Å². The number of anilines is 3. The summed E-state index contributed by atoms with van der Waals surface area (Å²) in [6, 6.07) is 14.4. The van der Waals surface area contributed by atoms with E-state index in [1.54, 1.807) is 18.2 Å². The Labute approximate surface area is 247 Å². The van der Waals surface area contributed by atoms with Gasteiger partial charge in [0.15, 0.2) is 18.1 Å². The minimum absolute atomic E-state index is 0.180. The third-order valence-electron chi connectivity index (χ3n) is 7.23. The molecule has 0 spiro atoms. The van der Waals surface area contributed by atoms with E-state index < -0.39 is 36.3 Å². The highest BCUT2D eigenvalue weighted by molar-refractivity contribution is 5.80. The van der Waals surface area contributed by atoms with Crippen LogP contribution in [0.4, 0.5) is 21.7 Å². The van der Waals surface area contributed by atoms with E-state index in [-0.39, 0.29) is 36.8 Å². The number of aromatic nitrogens is 3. The summed E-state index contributed by atoms with van der Waals surface area (Å²) in [5, 5.41) is 22.4. The van der Waals surface area contributed by atoms with Gasteiger partial charge in [-0.2, -0.15) is 10.2 Å². The van der Waals surface area contributed by atoms with Gasteiger partial charge in [0, 0.05) is 36.4 Å². The normalized spacial score (nSPS) is 21.0. The lowest BCUT2D eigenvalue weighted by Gasteiger charge is -2.35. The van der Waals surface area contributed by atoms with E-state index in [0.717, 1.165) is 11.4 Å². The van der Waals surface area contributed by atoms with Crippen molar-refractivity contribution in [3.05, 3.63) is 54.4 Å². The Kier molecular flexibility index (Phi) is 8.93. The fraction of sp³-hybridized carbons (Fsp3) is 0.379. The molecule has 1 aromatic heterocycles. The first kappa shape index (κ1) is 29.6. The summed E-state index contributed by atoms with van der Waals surface area (Å²) in [7, 11) is 0. The van der Waals surface area contributed by atoms with Crippen LogP contribution in [0.3, 0.4) is 0 Å². The first-order chi connectivity index (χ1) is 20.7. The van der Waals surface area contributed by atoms with Gasteiger partial charge in [0.25, 0.3) is 5.91 Å². The number of carbonyl (C=O) groups excluding carboxylic acids is 2. The summed E-state index contributed by atoms with van der Waals surface area (Å²) in [4.78, 5) is 39.7. The Bertz CT molecular complexity index is 1520. The molecule has 4 N–H and O–H groups in total. The van der Waals surface area contributed by atoms with Crippen molar-refractivity contribution >= 4 is 29.1 Å². The molecule has 4 atom stereocenters. The van der Waals surface area contributed by atoms with E-state index >= 15 is 0 Å². The molecule has 3 aromatic rings. The second-order valence-corrected chi connectivity index (χ2v) is 10.3. The number of morpholine rings is 1. The minimum Gasteiger partial charge on any atom is -0.486 e. The molecule has 3 heterocycles. The van der Waals surface area contributed by atoms with Crippen LogP contribution < -0.4 is 20.7 Å². The molecule has 224 valence electrons. The Hall–Kier alpha value is -4.87. The summed E-state index contributed by atoms with van der Waals surface area (Å²) < 4.78 is 26.1. The number of hydrogen-bond donors (Lipinski definition) is 3. The molecule has 2 aliphatic rings. The molecule has 2 aliphatic heterocycles. The van der Waals surface area contributed by atoms with E-state index in [9.17, 15) is 24.3 Å². The number of ether oxygens (including phenoxy) is 2. The number of piperidine rings is 1. The number of halogens is 1. The van der Waals surface area contributed by atoms with Crippen LogP contribution in [-0.4, -0.2) is 94.0 Å². The minimum atomic E-state index is -1.48. The number of alkyl halides is 1. The molecule has 5 rings (SSSR count). The predicted octanol–water partition coefficient (Wildman–Crippen LogP) is 1.54. The van der Waals surface area contributed by atoms with Crippen LogP contribution in [0.5, 0.6) is 5.75 Å². The summed E-state index contributed by atoms with van der Waals surface area (Å²) in [6.07, 6.45) is -2.60. The number of nitrogens with two attached hydrogens (primary N) is 1. The smallest absolute Gasteiger partial charge is 0.251 e. The monoisotopic (exact) mass is 590 g/mol. The molecule has 13 nitrogen and oxygen atoms in total. The van der Waals surface area contributed by atoms with E-state index in [1.807, 2.05) is 29.2 Å². The lowest BCUT2D eigenvalue weighted by atomic mass is 10.0. The molecule has 0 aliphatic carbocycles. The van der Waals surface area contributed by atoms with E-state index in [2.05, 4.69) is 26.3 Å². The number of benzene rings is 2. The van der Waals surface area contributed by atoms with Gasteiger partial charge in [0.2, 0.25) is 11.9 Å². The molecule has 2 saturated heterocycles. The fourth-order valence-corrected chi connectivity index (χ4v) is 4.94.